The number of benzene rings is 1. The predicted molar refractivity (Wildman–Crippen MR) is 76.6 cm³/mol. The number of rotatable bonds is 3. The molecule has 3 rings (SSSR count). The Bertz CT molecular complexity index is 666. The Kier molecular flexibility index (Phi) is 3.51. The maximum atomic E-state index is 12.7. The number of aromatic nitrogens is 2. The second kappa shape index (κ2) is 5.47. The molecule has 0 atom stereocenters. The molecule has 0 radical (unpaired) electrons. The van der Waals surface area contributed by atoms with Crippen LogP contribution >= 0.6 is 0 Å². The van der Waals surface area contributed by atoms with Gasteiger partial charge in [0.15, 0.2) is 11.5 Å². The first kappa shape index (κ1) is 13.5. The molecule has 1 amide bonds. The average molecular weight is 287 g/mol. The Balaban J connectivity index is 1.90. The summed E-state index contributed by atoms with van der Waals surface area (Å²) in [5.41, 5.74) is 2.55. The summed E-state index contributed by atoms with van der Waals surface area (Å²) in [7, 11) is 3.10. The molecule has 6 nitrogen and oxygen atoms in total. The Labute approximate surface area is 122 Å². The fraction of sp³-hybridized carbons (Fsp3) is 0.333. The minimum absolute atomic E-state index is 0.0639. The van der Waals surface area contributed by atoms with E-state index >= 15 is 0 Å². The summed E-state index contributed by atoms with van der Waals surface area (Å²) in [5.74, 6) is 0.967. The van der Waals surface area contributed by atoms with Gasteiger partial charge in [-0.15, -0.1) is 0 Å². The van der Waals surface area contributed by atoms with E-state index in [9.17, 15) is 4.79 Å². The van der Waals surface area contributed by atoms with Gasteiger partial charge in [-0.2, -0.15) is 0 Å². The average Bonchev–Trinajstić information content (AvgIpc) is 3.00. The fourth-order valence-corrected chi connectivity index (χ4v) is 2.61. The first-order valence-corrected chi connectivity index (χ1v) is 6.76. The number of fused-ring (bicyclic) bond motifs is 1. The number of carbonyl (C=O) groups is 1. The first-order chi connectivity index (χ1) is 10.2. The molecule has 110 valence electrons. The van der Waals surface area contributed by atoms with Crippen molar-refractivity contribution in [2.75, 3.05) is 20.8 Å². The van der Waals surface area contributed by atoms with Crippen molar-refractivity contribution in [3.63, 3.8) is 0 Å². The summed E-state index contributed by atoms with van der Waals surface area (Å²) in [5, 5.41) is 0. The molecule has 0 unspecified atom stereocenters. The maximum absolute atomic E-state index is 12.7. The van der Waals surface area contributed by atoms with Crippen molar-refractivity contribution < 1.29 is 14.3 Å². The minimum Gasteiger partial charge on any atom is -0.493 e. The zero-order valence-corrected chi connectivity index (χ0v) is 12.0. The molecule has 1 aliphatic rings. The lowest BCUT2D eigenvalue weighted by atomic mass is 10.1. The highest BCUT2D eigenvalue weighted by Crippen LogP contribution is 2.32. The molecule has 6 heteroatoms. The van der Waals surface area contributed by atoms with Crippen LogP contribution in [0.4, 0.5) is 0 Å². The minimum atomic E-state index is -0.0639. The van der Waals surface area contributed by atoms with Crippen LogP contribution in [0.3, 0.4) is 0 Å². The highest BCUT2D eigenvalue weighted by Gasteiger charge is 2.26. The molecule has 0 saturated heterocycles. The number of H-pyrrole nitrogens is 1. The lowest BCUT2D eigenvalue weighted by molar-refractivity contribution is 0.0728. The molecule has 0 saturated carbocycles. The zero-order chi connectivity index (χ0) is 14.8. The summed E-state index contributed by atoms with van der Waals surface area (Å²) in [6.07, 6.45) is 2.43. The number of nitrogens with zero attached hydrogens (tertiary/aromatic N) is 2. The van der Waals surface area contributed by atoms with Crippen molar-refractivity contribution in [3.05, 3.63) is 41.5 Å². The van der Waals surface area contributed by atoms with E-state index in [1.165, 1.54) is 7.11 Å². The molecule has 1 aliphatic heterocycles. The predicted octanol–water partition coefficient (Wildman–Crippen LogP) is 1.63. The summed E-state index contributed by atoms with van der Waals surface area (Å²) in [4.78, 5) is 21.9. The van der Waals surface area contributed by atoms with Crippen molar-refractivity contribution in [2.24, 2.45) is 0 Å². The topological polar surface area (TPSA) is 67.5 Å². The number of hydrogen-bond donors (Lipinski definition) is 1. The van der Waals surface area contributed by atoms with E-state index < -0.39 is 0 Å². The third-order valence-electron chi connectivity index (χ3n) is 3.70. The molecule has 1 N–H and O–H groups in total. The molecule has 0 aliphatic carbocycles. The molecular weight excluding hydrogens is 270 g/mol. The standard InChI is InChI=1S/C15H17N3O3/c1-20-13-5-3-4-10(14(13)21-2)15(19)18-7-6-11-12(8-18)17-9-16-11/h3-5,9H,6-8H2,1-2H3,(H,16,17). The lowest BCUT2D eigenvalue weighted by Crippen LogP contribution is -2.36. The number of carbonyl (C=O) groups excluding carboxylic acids is 1. The quantitative estimate of drug-likeness (QED) is 0.931. The van der Waals surface area contributed by atoms with E-state index in [1.54, 1.807) is 36.5 Å². The molecule has 1 aromatic heterocycles. The first-order valence-electron chi connectivity index (χ1n) is 6.76. The highest BCUT2D eigenvalue weighted by molar-refractivity contribution is 5.97. The molecule has 0 bridgehead atoms. The number of imidazole rings is 1. The zero-order valence-electron chi connectivity index (χ0n) is 12.0. The summed E-state index contributed by atoms with van der Waals surface area (Å²) in [6, 6.07) is 5.32. The van der Waals surface area contributed by atoms with Gasteiger partial charge in [0.1, 0.15) is 0 Å². The van der Waals surface area contributed by atoms with Crippen LogP contribution in [-0.4, -0.2) is 41.5 Å². The number of para-hydroxylation sites is 1. The van der Waals surface area contributed by atoms with Crippen LogP contribution in [0.15, 0.2) is 24.5 Å². The van der Waals surface area contributed by atoms with Crippen molar-refractivity contribution in [3.8, 4) is 11.5 Å². The molecular formula is C15H17N3O3. The monoisotopic (exact) mass is 287 g/mol. The van der Waals surface area contributed by atoms with Gasteiger partial charge >= 0.3 is 0 Å². The SMILES string of the molecule is COc1cccc(C(=O)N2CCc3nc[nH]c3C2)c1OC. The van der Waals surface area contributed by atoms with Crippen molar-refractivity contribution in [1.82, 2.24) is 14.9 Å². The largest absolute Gasteiger partial charge is 0.493 e. The van der Waals surface area contributed by atoms with Crippen molar-refractivity contribution in [1.29, 1.82) is 0 Å². The number of nitrogens with one attached hydrogen (secondary N) is 1. The smallest absolute Gasteiger partial charge is 0.258 e. The number of hydrogen-bond acceptors (Lipinski definition) is 4. The molecule has 2 aromatic rings. The molecule has 1 aromatic carbocycles. The van der Waals surface area contributed by atoms with E-state index in [0.29, 0.717) is 30.2 Å². The van der Waals surface area contributed by atoms with E-state index in [4.69, 9.17) is 9.47 Å². The van der Waals surface area contributed by atoms with Gasteiger partial charge in [-0.25, -0.2) is 4.98 Å². The maximum Gasteiger partial charge on any atom is 0.258 e. The second-order valence-electron chi connectivity index (χ2n) is 4.85. The fourth-order valence-electron chi connectivity index (χ4n) is 2.61. The van der Waals surface area contributed by atoms with E-state index in [-0.39, 0.29) is 5.91 Å². The van der Waals surface area contributed by atoms with Gasteiger partial charge in [0.25, 0.3) is 5.91 Å². The Morgan fingerprint density at radius 2 is 2.19 bits per heavy atom. The number of methoxy groups -OCH3 is 2. The van der Waals surface area contributed by atoms with Crippen LogP contribution in [-0.2, 0) is 13.0 Å². The van der Waals surface area contributed by atoms with E-state index in [0.717, 1.165) is 17.8 Å². The van der Waals surface area contributed by atoms with Crippen LogP contribution in [0.5, 0.6) is 11.5 Å². The second-order valence-corrected chi connectivity index (χ2v) is 4.85. The number of aromatic amines is 1. The highest BCUT2D eigenvalue weighted by atomic mass is 16.5. The van der Waals surface area contributed by atoms with Crippen LogP contribution in [0.2, 0.25) is 0 Å². The molecule has 0 fully saturated rings. The Morgan fingerprint density at radius 3 is 2.95 bits per heavy atom. The van der Waals surface area contributed by atoms with Crippen LogP contribution in [0, 0.1) is 0 Å². The van der Waals surface area contributed by atoms with E-state index in [2.05, 4.69) is 9.97 Å². The summed E-state index contributed by atoms with van der Waals surface area (Å²) < 4.78 is 10.6. The van der Waals surface area contributed by atoms with Crippen LogP contribution in [0.1, 0.15) is 21.7 Å². The van der Waals surface area contributed by atoms with Gasteiger partial charge in [0, 0.05) is 13.0 Å². The van der Waals surface area contributed by atoms with E-state index in [1.807, 2.05) is 0 Å². The Morgan fingerprint density at radius 1 is 1.33 bits per heavy atom. The van der Waals surface area contributed by atoms with Gasteiger partial charge < -0.3 is 19.4 Å². The molecule has 0 spiro atoms. The van der Waals surface area contributed by atoms with Crippen molar-refractivity contribution >= 4 is 5.91 Å². The van der Waals surface area contributed by atoms with Gasteiger partial charge in [-0.05, 0) is 12.1 Å². The van der Waals surface area contributed by atoms with Gasteiger partial charge in [-0.1, -0.05) is 6.07 Å². The van der Waals surface area contributed by atoms with Gasteiger partial charge in [0.05, 0.1) is 44.0 Å². The number of amides is 1. The number of ether oxygens (including phenoxy) is 2. The third kappa shape index (κ3) is 2.33. The lowest BCUT2D eigenvalue weighted by Gasteiger charge is -2.27. The molecule has 21 heavy (non-hydrogen) atoms. The molecule has 2 heterocycles. The van der Waals surface area contributed by atoms with Gasteiger partial charge in [0.2, 0.25) is 0 Å². The van der Waals surface area contributed by atoms with Crippen LogP contribution in [0.25, 0.3) is 0 Å². The Hall–Kier alpha value is -2.50. The summed E-state index contributed by atoms with van der Waals surface area (Å²) in [6.45, 7) is 1.19. The van der Waals surface area contributed by atoms with Crippen molar-refractivity contribution in [2.45, 2.75) is 13.0 Å². The van der Waals surface area contributed by atoms with Crippen LogP contribution < -0.4 is 9.47 Å². The normalized spacial score (nSPS) is 13.7. The summed E-state index contributed by atoms with van der Waals surface area (Å²) >= 11 is 0. The van der Waals surface area contributed by atoms with Gasteiger partial charge in [-0.3, -0.25) is 4.79 Å². The third-order valence-corrected chi connectivity index (χ3v) is 3.70.